The Kier molecular flexibility index (Phi) is 7.08. The molecule has 0 spiro atoms. The molecule has 1 aromatic rings. The molecule has 23 heavy (non-hydrogen) atoms. The first-order valence-electron chi connectivity index (χ1n) is 6.36. The van der Waals surface area contributed by atoms with Gasteiger partial charge in [0, 0.05) is 23.9 Å². The third-order valence-corrected chi connectivity index (χ3v) is 3.73. The van der Waals surface area contributed by atoms with Gasteiger partial charge < -0.3 is 14.6 Å². The molecule has 0 aliphatic carbocycles. The van der Waals surface area contributed by atoms with Crippen molar-refractivity contribution in [3.05, 3.63) is 33.1 Å². The number of H-pyrrole nitrogens is 1. The van der Waals surface area contributed by atoms with Crippen molar-refractivity contribution in [2.75, 3.05) is 7.11 Å². The number of rotatable bonds is 5. The Bertz CT molecular complexity index is 662. The molecule has 1 aliphatic heterocycles. The minimum Gasteiger partial charge on any atom is -0.391 e. The van der Waals surface area contributed by atoms with Crippen LogP contribution in [0.1, 0.15) is 13.2 Å². The summed E-state index contributed by atoms with van der Waals surface area (Å²) >= 11 is 0. The number of aliphatic hydroxyl groups is 1. The predicted octanol–water partition coefficient (Wildman–Crippen LogP) is -1.02. The van der Waals surface area contributed by atoms with Crippen molar-refractivity contribution in [1.29, 1.82) is 0 Å². The van der Waals surface area contributed by atoms with Crippen molar-refractivity contribution in [3.8, 4) is 0 Å². The molecule has 3 N–H and O–H groups in total. The molecule has 0 saturated carbocycles. The second kappa shape index (κ2) is 8.15. The molecule has 1 aromatic heterocycles. The van der Waals surface area contributed by atoms with Gasteiger partial charge in [0.1, 0.15) is 12.2 Å². The van der Waals surface area contributed by atoms with Gasteiger partial charge in [-0.1, -0.05) is 0 Å². The highest BCUT2D eigenvalue weighted by molar-refractivity contribution is 7.59. The number of methoxy groups -OCH3 is 1. The van der Waals surface area contributed by atoms with Crippen LogP contribution in [-0.4, -0.2) is 51.1 Å². The van der Waals surface area contributed by atoms with E-state index in [0.717, 1.165) is 10.6 Å². The molecular weight excluding hydrogens is 351 g/mol. The number of aromatic nitrogens is 2. The van der Waals surface area contributed by atoms with E-state index in [9.17, 15) is 19.3 Å². The largest absolute Gasteiger partial charge is 0.695 e. The van der Waals surface area contributed by atoms with Gasteiger partial charge in [-0.15, -0.1) is 9.42 Å². The summed E-state index contributed by atoms with van der Waals surface area (Å²) in [6, 6.07) is 1.12. The molecule has 0 amide bonds. The standard InChI is InChI=1S/C11H15N2O8P.H2S/c1-5(14)7-8(21-22(17)18)9(19-2)10(20-7)13-4-3-6(15)12-11(13)16;/h3-5,7-10,14H,1-2H3,(H-,12,15,16,17,18);1H2/p+1/t5-,7+,8-,9?,10+;/m0./s1. The lowest BCUT2D eigenvalue weighted by Gasteiger charge is -2.19. The quantitative estimate of drug-likeness (QED) is 0.560. The first kappa shape index (κ1) is 20.0. The smallest absolute Gasteiger partial charge is 0.391 e. The molecular formula is C11H18N2O8PS+. The molecule has 0 radical (unpaired) electrons. The van der Waals surface area contributed by atoms with Crippen LogP contribution in [0.4, 0.5) is 0 Å². The van der Waals surface area contributed by atoms with Crippen LogP contribution in [0.3, 0.4) is 0 Å². The van der Waals surface area contributed by atoms with Gasteiger partial charge in [0.2, 0.25) is 0 Å². The third-order valence-electron chi connectivity index (χ3n) is 3.31. The maximum absolute atomic E-state index is 11.9. The molecule has 2 heterocycles. The van der Waals surface area contributed by atoms with Crippen molar-refractivity contribution < 1.29 is 28.6 Å². The zero-order valence-electron chi connectivity index (χ0n) is 12.3. The van der Waals surface area contributed by atoms with Gasteiger partial charge in [0.05, 0.1) is 6.10 Å². The molecule has 1 saturated heterocycles. The summed E-state index contributed by atoms with van der Waals surface area (Å²) in [4.78, 5) is 34.0. The van der Waals surface area contributed by atoms with Crippen LogP contribution in [0.25, 0.3) is 0 Å². The third kappa shape index (κ3) is 4.27. The zero-order valence-corrected chi connectivity index (χ0v) is 14.2. The predicted molar refractivity (Wildman–Crippen MR) is 82.8 cm³/mol. The molecule has 2 rings (SSSR count). The van der Waals surface area contributed by atoms with Crippen LogP contribution in [0.5, 0.6) is 0 Å². The fraction of sp³-hybridized carbons (Fsp3) is 0.636. The van der Waals surface area contributed by atoms with E-state index in [2.05, 4.69) is 4.98 Å². The molecule has 2 unspecified atom stereocenters. The molecule has 6 atom stereocenters. The second-order valence-electron chi connectivity index (χ2n) is 4.76. The average molecular weight is 369 g/mol. The van der Waals surface area contributed by atoms with Gasteiger partial charge in [0.15, 0.2) is 12.3 Å². The average Bonchev–Trinajstić information content (AvgIpc) is 2.76. The highest BCUT2D eigenvalue weighted by atomic mass is 32.1. The lowest BCUT2D eigenvalue weighted by atomic mass is 10.1. The minimum absolute atomic E-state index is 0. The minimum atomic E-state index is -2.96. The Hall–Kier alpha value is -1.07. The number of nitrogens with zero attached hydrogens (tertiary/aromatic N) is 1. The Balaban J connectivity index is 0.00000264. The highest BCUT2D eigenvalue weighted by Crippen LogP contribution is 2.37. The Morgan fingerprint density at radius 1 is 1.43 bits per heavy atom. The van der Waals surface area contributed by atoms with E-state index in [-0.39, 0.29) is 13.5 Å². The Morgan fingerprint density at radius 2 is 2.09 bits per heavy atom. The van der Waals surface area contributed by atoms with Crippen molar-refractivity contribution in [1.82, 2.24) is 9.55 Å². The molecule has 12 heteroatoms. The van der Waals surface area contributed by atoms with Crippen LogP contribution in [0.2, 0.25) is 0 Å². The summed E-state index contributed by atoms with van der Waals surface area (Å²) in [7, 11) is -1.65. The van der Waals surface area contributed by atoms with Gasteiger partial charge in [-0.25, -0.2) is 4.79 Å². The number of nitrogens with one attached hydrogen (secondary N) is 1. The summed E-state index contributed by atoms with van der Waals surface area (Å²) in [6.07, 6.45) is -3.86. The van der Waals surface area contributed by atoms with E-state index < -0.39 is 50.1 Å². The molecule has 10 nitrogen and oxygen atoms in total. The van der Waals surface area contributed by atoms with Crippen LogP contribution in [-0.2, 0) is 18.6 Å². The zero-order chi connectivity index (χ0) is 16.4. The van der Waals surface area contributed by atoms with Crippen molar-refractivity contribution in [2.24, 2.45) is 0 Å². The van der Waals surface area contributed by atoms with Crippen LogP contribution in [0.15, 0.2) is 21.9 Å². The van der Waals surface area contributed by atoms with E-state index in [1.165, 1.54) is 20.2 Å². The van der Waals surface area contributed by atoms with Gasteiger partial charge >= 0.3 is 13.9 Å². The molecule has 1 aliphatic rings. The molecule has 0 bridgehead atoms. The summed E-state index contributed by atoms with van der Waals surface area (Å²) in [5.74, 6) is 0. The first-order valence-corrected chi connectivity index (χ1v) is 7.49. The summed E-state index contributed by atoms with van der Waals surface area (Å²) in [6.45, 7) is 1.41. The monoisotopic (exact) mass is 369 g/mol. The number of hydrogen-bond acceptors (Lipinski definition) is 7. The fourth-order valence-corrected chi connectivity index (χ4v) is 2.83. The van der Waals surface area contributed by atoms with Crippen LogP contribution >= 0.6 is 21.8 Å². The fourth-order valence-electron chi connectivity index (χ4n) is 2.38. The van der Waals surface area contributed by atoms with E-state index in [0.29, 0.717) is 0 Å². The molecule has 0 aromatic carbocycles. The normalized spacial score (nSPS) is 29.0. The Morgan fingerprint density at radius 3 is 2.57 bits per heavy atom. The lowest BCUT2D eigenvalue weighted by Crippen LogP contribution is -2.40. The highest BCUT2D eigenvalue weighted by Gasteiger charge is 2.52. The maximum atomic E-state index is 11.9. The van der Waals surface area contributed by atoms with Gasteiger partial charge in [-0.05, 0) is 6.92 Å². The number of hydrogen-bond donors (Lipinski definition) is 3. The Labute approximate surface area is 138 Å². The maximum Gasteiger partial charge on any atom is 0.695 e. The molecule has 1 fully saturated rings. The van der Waals surface area contributed by atoms with E-state index in [1.54, 1.807) is 0 Å². The summed E-state index contributed by atoms with van der Waals surface area (Å²) in [5.41, 5.74) is -1.32. The first-order chi connectivity index (χ1) is 10.3. The topological polar surface area (TPSA) is 140 Å². The number of aromatic amines is 1. The van der Waals surface area contributed by atoms with Crippen molar-refractivity contribution >= 4 is 21.8 Å². The molecule has 130 valence electrons. The van der Waals surface area contributed by atoms with E-state index >= 15 is 0 Å². The summed E-state index contributed by atoms with van der Waals surface area (Å²) < 4.78 is 27.6. The van der Waals surface area contributed by atoms with Gasteiger partial charge in [-0.3, -0.25) is 14.3 Å². The van der Waals surface area contributed by atoms with Crippen molar-refractivity contribution in [3.63, 3.8) is 0 Å². The summed E-state index contributed by atoms with van der Waals surface area (Å²) in [5, 5.41) is 9.74. The van der Waals surface area contributed by atoms with Crippen LogP contribution < -0.4 is 11.2 Å². The van der Waals surface area contributed by atoms with E-state index in [4.69, 9.17) is 18.9 Å². The van der Waals surface area contributed by atoms with E-state index in [1.807, 2.05) is 0 Å². The SMILES string of the molecule is COC1[C@@H](O[P+](=O)O)[C@@H]([C@H](C)O)O[C@H]1n1ccc(=O)[nH]c1=O.S. The van der Waals surface area contributed by atoms with Gasteiger partial charge in [0.25, 0.3) is 5.56 Å². The second-order valence-corrected chi connectivity index (χ2v) is 5.44. The van der Waals surface area contributed by atoms with Crippen LogP contribution in [0, 0.1) is 0 Å². The van der Waals surface area contributed by atoms with Gasteiger partial charge in [-0.2, -0.15) is 13.5 Å². The number of ether oxygens (including phenoxy) is 2. The van der Waals surface area contributed by atoms with Crippen molar-refractivity contribution in [2.45, 2.75) is 37.6 Å². The number of aliphatic hydroxyl groups excluding tert-OH is 1. The lowest BCUT2D eigenvalue weighted by molar-refractivity contribution is -0.0817.